The quantitative estimate of drug-likeness (QED) is 0.0833. The zero-order valence-corrected chi connectivity index (χ0v) is 21.2. The minimum Gasteiger partial charge on any atom is -0.448 e. The SMILES string of the molecule is C[C@H](Cl)C(=O)Oc1ccccc1OC(F)C(F)(F)OC(F)(F)C(F)(F)OC(F)(F)C(F)(F)C(F)(F)C(F)(F)C(F)(F)C(F)(F)F. The van der Waals surface area contributed by atoms with Crippen molar-refractivity contribution in [3.05, 3.63) is 24.3 Å². The lowest BCUT2D eigenvalue weighted by molar-refractivity contribution is -0.548. The molecule has 0 aromatic heterocycles. The molecule has 1 unspecified atom stereocenters. The third-order valence-electron chi connectivity index (χ3n) is 4.64. The normalized spacial score (nSPS) is 16.3. The van der Waals surface area contributed by atoms with E-state index in [9.17, 15) is 92.6 Å². The van der Waals surface area contributed by atoms with Crippen LogP contribution in [0.25, 0.3) is 0 Å². The molecule has 45 heavy (non-hydrogen) atoms. The minimum absolute atomic E-state index is 0.431. The number of benzene rings is 1. The van der Waals surface area contributed by atoms with Gasteiger partial charge in [-0.25, -0.2) is 9.47 Å². The monoisotopic (exact) mass is 732 g/mol. The molecule has 0 aliphatic heterocycles. The van der Waals surface area contributed by atoms with Gasteiger partial charge in [0.2, 0.25) is 0 Å². The van der Waals surface area contributed by atoms with Gasteiger partial charge >= 0.3 is 66.6 Å². The van der Waals surface area contributed by atoms with Crippen molar-refractivity contribution in [1.29, 1.82) is 0 Å². The molecule has 26 heteroatoms. The second-order valence-corrected chi connectivity index (χ2v) is 8.68. The first-order valence-electron chi connectivity index (χ1n) is 10.4. The molecule has 0 amide bonds. The van der Waals surface area contributed by atoms with Gasteiger partial charge in [-0.1, -0.05) is 12.1 Å². The summed E-state index contributed by atoms with van der Waals surface area (Å²) in [6.45, 7) is 0.974. The number of hydrogen-bond acceptors (Lipinski definition) is 5. The summed E-state index contributed by atoms with van der Waals surface area (Å²) in [5.74, 6) is -38.3. The topological polar surface area (TPSA) is 54.0 Å². The highest BCUT2D eigenvalue weighted by Crippen LogP contribution is 2.61. The van der Waals surface area contributed by atoms with Gasteiger partial charge in [0.1, 0.15) is 5.38 Å². The lowest BCUT2D eigenvalue weighted by atomic mass is 9.97. The van der Waals surface area contributed by atoms with E-state index in [0.717, 1.165) is 19.1 Å². The third kappa shape index (κ3) is 7.49. The van der Waals surface area contributed by atoms with E-state index in [1.165, 1.54) is 4.74 Å². The second kappa shape index (κ2) is 12.2. The van der Waals surface area contributed by atoms with Gasteiger partial charge in [0.25, 0.3) is 0 Å². The Morgan fingerprint density at radius 2 is 1.02 bits per heavy atom. The van der Waals surface area contributed by atoms with Crippen molar-refractivity contribution in [2.24, 2.45) is 0 Å². The molecule has 0 aliphatic rings. The van der Waals surface area contributed by atoms with Gasteiger partial charge in [-0.3, -0.25) is 4.79 Å². The molecular weight excluding hydrogens is 724 g/mol. The molecule has 0 fully saturated rings. The van der Waals surface area contributed by atoms with E-state index in [-0.39, 0.29) is 0 Å². The second-order valence-electron chi connectivity index (χ2n) is 8.03. The smallest absolute Gasteiger partial charge is 0.448 e. The Morgan fingerprint density at radius 1 is 0.622 bits per heavy atom. The van der Waals surface area contributed by atoms with Crippen LogP contribution in [0, 0.1) is 0 Å². The molecule has 262 valence electrons. The summed E-state index contributed by atoms with van der Waals surface area (Å²) in [6.07, 6.45) is -43.1. The number of carbonyl (C=O) groups excluding carboxylic acids is 1. The van der Waals surface area contributed by atoms with Crippen LogP contribution in [0.3, 0.4) is 0 Å². The maximum absolute atomic E-state index is 14.0. The Bertz CT molecular complexity index is 1200. The van der Waals surface area contributed by atoms with E-state index in [4.69, 9.17) is 11.6 Å². The van der Waals surface area contributed by atoms with Crippen LogP contribution < -0.4 is 9.47 Å². The number of rotatable bonds is 14. The largest absolute Gasteiger partial charge is 0.460 e. The Morgan fingerprint density at radius 3 is 1.44 bits per heavy atom. The third-order valence-corrected chi connectivity index (χ3v) is 4.82. The van der Waals surface area contributed by atoms with E-state index in [1.54, 1.807) is 0 Å². The molecule has 0 N–H and O–H groups in total. The van der Waals surface area contributed by atoms with Crippen LogP contribution in [-0.4, -0.2) is 72.0 Å². The molecule has 5 nitrogen and oxygen atoms in total. The first-order valence-corrected chi connectivity index (χ1v) is 10.8. The number of carbonyl (C=O) groups is 1. The fraction of sp³-hybridized carbons (Fsp3) is 0.632. The van der Waals surface area contributed by atoms with Crippen LogP contribution >= 0.6 is 11.6 Å². The Balaban J connectivity index is 3.34. The Hall–Kier alpha value is -2.70. The lowest BCUT2D eigenvalue weighted by Gasteiger charge is -2.40. The van der Waals surface area contributed by atoms with Crippen LogP contribution in [0.1, 0.15) is 6.92 Å². The molecule has 0 radical (unpaired) electrons. The van der Waals surface area contributed by atoms with Crippen LogP contribution in [0.15, 0.2) is 24.3 Å². The van der Waals surface area contributed by atoms with E-state index < -0.39 is 83.5 Å². The average molecular weight is 733 g/mol. The van der Waals surface area contributed by atoms with Crippen LogP contribution in [0.5, 0.6) is 11.5 Å². The summed E-state index contributed by atoms with van der Waals surface area (Å²) in [5, 5.41) is -1.48. The molecule has 1 aromatic carbocycles. The average Bonchev–Trinajstić information content (AvgIpc) is 2.82. The zero-order chi connectivity index (χ0) is 36.0. The summed E-state index contributed by atoms with van der Waals surface area (Å²) in [7, 11) is 0. The number of hydrogen-bond donors (Lipinski definition) is 0. The molecule has 1 rings (SSSR count). The van der Waals surface area contributed by atoms with E-state index >= 15 is 0 Å². The highest BCUT2D eigenvalue weighted by Gasteiger charge is 2.92. The van der Waals surface area contributed by atoms with Gasteiger partial charge in [-0.2, -0.15) is 87.8 Å². The van der Waals surface area contributed by atoms with Crippen molar-refractivity contribution in [2.45, 2.75) is 73.0 Å². The van der Waals surface area contributed by atoms with Gasteiger partial charge < -0.3 is 9.47 Å². The zero-order valence-electron chi connectivity index (χ0n) is 20.4. The van der Waals surface area contributed by atoms with Crippen LogP contribution in [0.4, 0.5) is 87.8 Å². The van der Waals surface area contributed by atoms with Crippen molar-refractivity contribution in [1.82, 2.24) is 0 Å². The summed E-state index contributed by atoms with van der Waals surface area (Å²) in [6, 6.07) is 2.79. The van der Waals surface area contributed by atoms with Crippen molar-refractivity contribution >= 4 is 17.6 Å². The first-order chi connectivity index (χ1) is 19.6. The van der Waals surface area contributed by atoms with E-state index in [1.807, 2.05) is 4.74 Å². The molecular formula is C19H9ClF20O5. The molecule has 0 heterocycles. The Kier molecular flexibility index (Phi) is 10.9. The predicted octanol–water partition coefficient (Wildman–Crippen LogP) is 8.40. The van der Waals surface area contributed by atoms with Gasteiger partial charge in [-0.05, 0) is 19.1 Å². The summed E-state index contributed by atoms with van der Waals surface area (Å²) < 4.78 is 276. The molecule has 0 aliphatic carbocycles. The molecule has 0 saturated heterocycles. The number of para-hydroxylation sites is 2. The molecule has 0 saturated carbocycles. The van der Waals surface area contributed by atoms with Crippen molar-refractivity contribution in [3.8, 4) is 11.5 Å². The first kappa shape index (κ1) is 40.3. The fourth-order valence-corrected chi connectivity index (χ4v) is 2.36. The number of ether oxygens (including phenoxy) is 4. The lowest BCUT2D eigenvalue weighted by Crippen LogP contribution is -2.71. The van der Waals surface area contributed by atoms with E-state index in [2.05, 4.69) is 9.47 Å². The van der Waals surface area contributed by atoms with Crippen molar-refractivity contribution in [2.75, 3.05) is 0 Å². The minimum atomic E-state index is -8.80. The van der Waals surface area contributed by atoms with Crippen molar-refractivity contribution < 1.29 is 112 Å². The van der Waals surface area contributed by atoms with Gasteiger partial charge in [0.05, 0.1) is 0 Å². The molecule has 0 bridgehead atoms. The van der Waals surface area contributed by atoms with Gasteiger partial charge in [0.15, 0.2) is 11.5 Å². The highest BCUT2D eigenvalue weighted by atomic mass is 35.5. The molecule has 2 atom stereocenters. The maximum atomic E-state index is 14.0. The fourth-order valence-electron chi connectivity index (χ4n) is 2.32. The summed E-state index contributed by atoms with van der Waals surface area (Å²) in [4.78, 5) is 11.5. The van der Waals surface area contributed by atoms with Crippen LogP contribution in [0.2, 0.25) is 0 Å². The van der Waals surface area contributed by atoms with Gasteiger partial charge in [-0.15, -0.1) is 11.6 Å². The van der Waals surface area contributed by atoms with Crippen molar-refractivity contribution in [3.63, 3.8) is 0 Å². The van der Waals surface area contributed by atoms with E-state index in [0.29, 0.717) is 12.1 Å². The number of esters is 1. The van der Waals surface area contributed by atoms with Crippen LogP contribution in [-0.2, 0) is 14.3 Å². The Labute approximate surface area is 238 Å². The summed E-state index contributed by atoms with van der Waals surface area (Å²) in [5.41, 5.74) is 0. The number of alkyl halides is 21. The highest BCUT2D eigenvalue weighted by molar-refractivity contribution is 6.29. The predicted molar refractivity (Wildman–Crippen MR) is 101 cm³/mol. The molecule has 1 aromatic rings. The van der Waals surface area contributed by atoms with Gasteiger partial charge in [0, 0.05) is 0 Å². The maximum Gasteiger partial charge on any atom is 0.460 e. The molecule has 0 spiro atoms. The standard InChI is InChI=1S/C19H9ClF20O5/c1-6(20)9(41)42-7-4-2-3-5-8(7)43-10(21)11(22,23)44-18(37,38)19(39,40)45-17(35,36)15(30,31)13(26,27)12(24,25)14(28,29)16(32,33)34/h2-6,10H,1H3/t6-,10?/m0/s1. The summed E-state index contributed by atoms with van der Waals surface area (Å²) >= 11 is 5.33. The number of halogens is 21.